The first-order valence-corrected chi connectivity index (χ1v) is 8.43. The summed E-state index contributed by atoms with van der Waals surface area (Å²) in [5, 5.41) is 11.3. The number of benzene rings is 2. The number of hydrogen-bond acceptors (Lipinski definition) is 3. The van der Waals surface area contributed by atoms with Crippen molar-refractivity contribution in [3.05, 3.63) is 69.5 Å². The van der Waals surface area contributed by atoms with Crippen LogP contribution in [0, 0.1) is 15.9 Å². The normalized spacial score (nSPS) is 15.8. The smallest absolute Gasteiger partial charge is 0.355 e. The molecule has 3 rings (SSSR count). The predicted molar refractivity (Wildman–Crippen MR) is 91.1 cm³/mol. The predicted octanol–water partition coefficient (Wildman–Crippen LogP) is 2.66. The van der Waals surface area contributed by atoms with Crippen molar-refractivity contribution in [1.82, 2.24) is 0 Å². The lowest BCUT2D eigenvalue weighted by molar-refractivity contribution is -0.914. The van der Waals surface area contributed by atoms with Crippen molar-refractivity contribution < 1.29 is 27.4 Å². The van der Waals surface area contributed by atoms with Crippen LogP contribution in [0.5, 0.6) is 0 Å². The SMILES string of the molecule is O=[N+]([O-])c1cc(C(F)(F)F)ccc1N1CC[NH+](Cc2ccccc2F)CC1. The third kappa shape index (κ3) is 4.36. The highest BCUT2D eigenvalue weighted by molar-refractivity contribution is 5.64. The van der Waals surface area contributed by atoms with E-state index >= 15 is 0 Å². The number of nitro benzene ring substituents is 1. The van der Waals surface area contributed by atoms with Crippen LogP contribution in [0.15, 0.2) is 42.5 Å². The molecule has 2 aromatic carbocycles. The Balaban J connectivity index is 1.72. The summed E-state index contributed by atoms with van der Waals surface area (Å²) in [7, 11) is 0. The third-order valence-electron chi connectivity index (χ3n) is 4.71. The summed E-state index contributed by atoms with van der Waals surface area (Å²) < 4.78 is 52.2. The standard InChI is InChI=1S/C18H17F4N3O2/c19-15-4-2-1-3-13(15)12-23-7-9-24(10-8-23)16-6-5-14(18(20,21)22)11-17(16)25(26)27/h1-6,11H,7-10,12H2/p+1. The van der Waals surface area contributed by atoms with Gasteiger partial charge in [-0.1, -0.05) is 18.2 Å². The monoisotopic (exact) mass is 384 g/mol. The second kappa shape index (κ2) is 7.51. The van der Waals surface area contributed by atoms with Gasteiger partial charge >= 0.3 is 6.18 Å². The van der Waals surface area contributed by atoms with E-state index in [1.165, 1.54) is 6.07 Å². The molecule has 0 amide bonds. The van der Waals surface area contributed by atoms with Crippen molar-refractivity contribution in [2.45, 2.75) is 12.7 Å². The van der Waals surface area contributed by atoms with Gasteiger partial charge in [0.15, 0.2) is 0 Å². The highest BCUT2D eigenvalue weighted by Gasteiger charge is 2.34. The first-order chi connectivity index (χ1) is 12.8. The van der Waals surface area contributed by atoms with E-state index in [0.717, 1.165) is 17.0 Å². The zero-order chi connectivity index (χ0) is 19.6. The highest BCUT2D eigenvalue weighted by Crippen LogP contribution is 2.36. The zero-order valence-electron chi connectivity index (χ0n) is 14.3. The van der Waals surface area contributed by atoms with Crippen molar-refractivity contribution in [3.8, 4) is 0 Å². The first kappa shape index (κ1) is 19.1. The summed E-state index contributed by atoms with van der Waals surface area (Å²) in [6, 6.07) is 9.10. The number of nitrogens with one attached hydrogen (secondary N) is 1. The average molecular weight is 384 g/mol. The fourth-order valence-corrected chi connectivity index (χ4v) is 3.27. The van der Waals surface area contributed by atoms with E-state index in [2.05, 4.69) is 0 Å². The number of quaternary nitrogens is 1. The van der Waals surface area contributed by atoms with Gasteiger partial charge in [0.25, 0.3) is 5.69 Å². The fourth-order valence-electron chi connectivity index (χ4n) is 3.27. The van der Waals surface area contributed by atoms with E-state index < -0.39 is 22.4 Å². The van der Waals surface area contributed by atoms with Gasteiger partial charge < -0.3 is 9.80 Å². The van der Waals surface area contributed by atoms with Crippen LogP contribution in [0.3, 0.4) is 0 Å². The Hall–Kier alpha value is -2.68. The molecule has 0 bridgehead atoms. The summed E-state index contributed by atoms with van der Waals surface area (Å²) in [4.78, 5) is 13.3. The molecule has 1 aliphatic heterocycles. The molecule has 5 nitrogen and oxygen atoms in total. The summed E-state index contributed by atoms with van der Waals surface area (Å²) in [5.41, 5.74) is -0.816. The highest BCUT2D eigenvalue weighted by atomic mass is 19.4. The minimum Gasteiger partial charge on any atom is -0.355 e. The van der Waals surface area contributed by atoms with Gasteiger partial charge in [-0.05, 0) is 18.2 Å². The molecule has 0 radical (unpaired) electrons. The van der Waals surface area contributed by atoms with Crippen molar-refractivity contribution in [2.24, 2.45) is 0 Å². The van der Waals surface area contributed by atoms with Crippen LogP contribution in [0.1, 0.15) is 11.1 Å². The van der Waals surface area contributed by atoms with Crippen LogP contribution in [-0.2, 0) is 12.7 Å². The molecule has 1 heterocycles. The topological polar surface area (TPSA) is 50.8 Å². The molecule has 1 fully saturated rings. The van der Waals surface area contributed by atoms with Crippen LogP contribution in [0.25, 0.3) is 0 Å². The lowest BCUT2D eigenvalue weighted by atomic mass is 10.1. The van der Waals surface area contributed by atoms with Gasteiger partial charge in [-0.2, -0.15) is 13.2 Å². The van der Waals surface area contributed by atoms with Gasteiger partial charge in [0, 0.05) is 11.6 Å². The molecule has 0 spiro atoms. The molecular formula is C18H18F4N3O2+. The van der Waals surface area contributed by atoms with Crippen LogP contribution in [-0.4, -0.2) is 31.1 Å². The quantitative estimate of drug-likeness (QED) is 0.501. The fraction of sp³-hybridized carbons (Fsp3) is 0.333. The molecule has 0 atom stereocenters. The molecule has 1 saturated heterocycles. The molecule has 0 aliphatic carbocycles. The zero-order valence-corrected chi connectivity index (χ0v) is 14.3. The van der Waals surface area contributed by atoms with Gasteiger partial charge in [-0.15, -0.1) is 0 Å². The molecule has 0 aromatic heterocycles. The molecule has 1 N–H and O–H groups in total. The van der Waals surface area contributed by atoms with Gasteiger partial charge in [-0.3, -0.25) is 10.1 Å². The van der Waals surface area contributed by atoms with Crippen molar-refractivity contribution in [3.63, 3.8) is 0 Å². The maximum Gasteiger partial charge on any atom is 0.416 e. The minimum absolute atomic E-state index is 0.179. The lowest BCUT2D eigenvalue weighted by Crippen LogP contribution is -3.13. The van der Waals surface area contributed by atoms with Gasteiger partial charge in [0.1, 0.15) is 18.0 Å². The molecule has 1 aliphatic rings. The molecular weight excluding hydrogens is 366 g/mol. The van der Waals surface area contributed by atoms with Crippen molar-refractivity contribution >= 4 is 11.4 Å². The molecule has 27 heavy (non-hydrogen) atoms. The summed E-state index contributed by atoms with van der Waals surface area (Å²) >= 11 is 0. The number of anilines is 1. The van der Waals surface area contributed by atoms with Gasteiger partial charge in [0.05, 0.1) is 36.7 Å². The van der Waals surface area contributed by atoms with E-state index in [0.29, 0.717) is 44.4 Å². The van der Waals surface area contributed by atoms with Crippen LogP contribution in [0.2, 0.25) is 0 Å². The lowest BCUT2D eigenvalue weighted by Gasteiger charge is -2.33. The summed E-state index contributed by atoms with van der Waals surface area (Å²) in [6.45, 7) is 2.58. The summed E-state index contributed by atoms with van der Waals surface area (Å²) in [5.74, 6) is -0.272. The Labute approximate surface area is 153 Å². The largest absolute Gasteiger partial charge is 0.416 e. The Morgan fingerprint density at radius 1 is 1.11 bits per heavy atom. The van der Waals surface area contributed by atoms with Gasteiger partial charge in [-0.25, -0.2) is 4.39 Å². The summed E-state index contributed by atoms with van der Waals surface area (Å²) in [6.07, 6.45) is -4.63. The van der Waals surface area contributed by atoms with Crippen molar-refractivity contribution in [2.75, 3.05) is 31.1 Å². The van der Waals surface area contributed by atoms with Crippen molar-refractivity contribution in [1.29, 1.82) is 0 Å². The van der Waals surface area contributed by atoms with Crippen LogP contribution in [0.4, 0.5) is 28.9 Å². The van der Waals surface area contributed by atoms with Crippen LogP contribution < -0.4 is 9.80 Å². The number of hydrogen-bond donors (Lipinski definition) is 1. The van der Waals surface area contributed by atoms with E-state index in [1.54, 1.807) is 23.1 Å². The maximum absolute atomic E-state index is 13.8. The number of nitro groups is 1. The second-order valence-electron chi connectivity index (χ2n) is 6.46. The molecule has 0 unspecified atom stereocenters. The molecule has 9 heteroatoms. The number of nitrogens with zero attached hydrogens (tertiary/aromatic N) is 2. The Morgan fingerprint density at radius 3 is 2.37 bits per heavy atom. The second-order valence-corrected chi connectivity index (χ2v) is 6.46. The molecule has 0 saturated carbocycles. The van der Waals surface area contributed by atoms with E-state index in [-0.39, 0.29) is 11.5 Å². The average Bonchev–Trinajstić information content (AvgIpc) is 2.63. The van der Waals surface area contributed by atoms with E-state index in [4.69, 9.17) is 0 Å². The Kier molecular flexibility index (Phi) is 5.31. The van der Waals surface area contributed by atoms with E-state index in [1.807, 2.05) is 0 Å². The minimum atomic E-state index is -4.63. The number of alkyl halides is 3. The number of piperazine rings is 1. The molecule has 144 valence electrons. The van der Waals surface area contributed by atoms with Gasteiger partial charge in [0.2, 0.25) is 0 Å². The number of rotatable bonds is 4. The first-order valence-electron chi connectivity index (χ1n) is 8.43. The number of halogens is 4. The Bertz CT molecular complexity index is 834. The Morgan fingerprint density at radius 2 is 1.78 bits per heavy atom. The maximum atomic E-state index is 13.8. The van der Waals surface area contributed by atoms with Crippen LogP contribution >= 0.6 is 0 Å². The van der Waals surface area contributed by atoms with E-state index in [9.17, 15) is 27.7 Å². The third-order valence-corrected chi connectivity index (χ3v) is 4.71. The molecule has 2 aromatic rings.